The van der Waals surface area contributed by atoms with Crippen molar-refractivity contribution < 1.29 is 28.6 Å². The average molecular weight is 397 g/mol. The lowest BCUT2D eigenvalue weighted by atomic mass is 10.1. The molecule has 0 spiro atoms. The second kappa shape index (κ2) is 8.88. The number of carbonyl (C=O) groups excluding carboxylic acids is 3. The predicted octanol–water partition coefficient (Wildman–Crippen LogP) is 2.33. The van der Waals surface area contributed by atoms with Gasteiger partial charge in [-0.2, -0.15) is 0 Å². The Balaban J connectivity index is 2.60. The lowest BCUT2D eigenvalue weighted by molar-refractivity contribution is -0.140. The Kier molecular flexibility index (Phi) is 6.81. The zero-order valence-corrected chi connectivity index (χ0v) is 16.3. The van der Waals surface area contributed by atoms with E-state index in [1.54, 1.807) is 32.0 Å². The molecule has 27 heavy (non-hydrogen) atoms. The van der Waals surface area contributed by atoms with Gasteiger partial charge < -0.3 is 24.4 Å². The van der Waals surface area contributed by atoms with Crippen LogP contribution in [0, 0.1) is 5.92 Å². The van der Waals surface area contributed by atoms with Crippen molar-refractivity contribution in [3.8, 4) is 0 Å². The molecule has 0 unspecified atom stereocenters. The highest BCUT2D eigenvalue weighted by Gasteiger charge is 2.33. The molecule has 0 bridgehead atoms. The van der Waals surface area contributed by atoms with Gasteiger partial charge in [-0.1, -0.05) is 25.4 Å². The van der Waals surface area contributed by atoms with Crippen molar-refractivity contribution >= 4 is 40.8 Å². The molecule has 1 aliphatic heterocycles. The van der Waals surface area contributed by atoms with Gasteiger partial charge in [0, 0.05) is 10.9 Å². The van der Waals surface area contributed by atoms with Crippen molar-refractivity contribution in [3.63, 3.8) is 0 Å². The Bertz CT molecular complexity index is 790. The molecule has 8 nitrogen and oxygen atoms in total. The number of hydrogen-bond donors (Lipinski definition) is 1. The zero-order valence-electron chi connectivity index (χ0n) is 15.5. The number of benzene rings is 1. The highest BCUT2D eigenvalue weighted by molar-refractivity contribution is 6.31. The molecule has 1 amide bonds. The maximum absolute atomic E-state index is 12.4. The highest BCUT2D eigenvalue weighted by atomic mass is 35.5. The third-order valence-electron chi connectivity index (χ3n) is 3.87. The molecule has 1 aromatic rings. The minimum atomic E-state index is -0.736. The minimum Gasteiger partial charge on any atom is -0.466 e. The summed E-state index contributed by atoms with van der Waals surface area (Å²) in [6, 6.07) is 4.78. The first kappa shape index (κ1) is 20.7. The molecule has 0 aliphatic carbocycles. The molecule has 1 aromatic carbocycles. The fourth-order valence-corrected chi connectivity index (χ4v) is 2.61. The van der Waals surface area contributed by atoms with Gasteiger partial charge in [-0.25, -0.2) is 9.59 Å². The molecule has 0 radical (unpaired) electrons. The molecule has 0 saturated carbocycles. The number of amides is 1. The largest absolute Gasteiger partial charge is 0.466 e. The van der Waals surface area contributed by atoms with Crippen LogP contribution in [0.25, 0.3) is 0 Å². The average Bonchev–Trinajstić information content (AvgIpc) is 2.67. The molecule has 2 rings (SSSR count). The smallest absolute Gasteiger partial charge is 0.355 e. The van der Waals surface area contributed by atoms with E-state index >= 15 is 0 Å². The van der Waals surface area contributed by atoms with Crippen LogP contribution < -0.4 is 10.2 Å². The first-order valence-electron chi connectivity index (χ1n) is 8.15. The molecule has 9 heteroatoms. The third-order valence-corrected chi connectivity index (χ3v) is 4.10. The van der Waals surface area contributed by atoms with Crippen molar-refractivity contribution in [2.45, 2.75) is 13.8 Å². The number of ether oxygens (including phenoxy) is 3. The van der Waals surface area contributed by atoms with E-state index in [0.29, 0.717) is 16.4 Å². The van der Waals surface area contributed by atoms with Crippen LogP contribution in [0.4, 0.5) is 11.4 Å². The van der Waals surface area contributed by atoms with E-state index in [-0.39, 0.29) is 36.4 Å². The Morgan fingerprint density at radius 2 is 1.85 bits per heavy atom. The maximum Gasteiger partial charge on any atom is 0.355 e. The molecule has 0 fully saturated rings. The second-order valence-electron chi connectivity index (χ2n) is 6.02. The summed E-state index contributed by atoms with van der Waals surface area (Å²) in [6.07, 6.45) is 0. The number of anilines is 2. The summed E-state index contributed by atoms with van der Waals surface area (Å²) >= 11 is 6.12. The van der Waals surface area contributed by atoms with Crippen molar-refractivity contribution in [1.29, 1.82) is 0 Å². The monoisotopic (exact) mass is 396 g/mol. The van der Waals surface area contributed by atoms with Crippen LogP contribution >= 0.6 is 11.6 Å². The van der Waals surface area contributed by atoms with Gasteiger partial charge in [-0.3, -0.25) is 4.79 Å². The van der Waals surface area contributed by atoms with E-state index in [1.807, 2.05) is 0 Å². The normalized spacial score (nSPS) is 14.2. The first-order chi connectivity index (χ1) is 12.8. The van der Waals surface area contributed by atoms with Gasteiger partial charge >= 0.3 is 11.9 Å². The molecule has 0 saturated heterocycles. The van der Waals surface area contributed by atoms with Crippen LogP contribution in [0.15, 0.2) is 29.5 Å². The minimum absolute atomic E-state index is 0.0108. The number of carbonyl (C=O) groups is 3. The topological polar surface area (TPSA) is 94.2 Å². The summed E-state index contributed by atoms with van der Waals surface area (Å²) < 4.78 is 15.0. The van der Waals surface area contributed by atoms with Gasteiger partial charge in [-0.05, 0) is 18.2 Å². The lowest BCUT2D eigenvalue weighted by Gasteiger charge is -2.32. The predicted molar refractivity (Wildman–Crippen MR) is 99.3 cm³/mol. The molecule has 146 valence electrons. The van der Waals surface area contributed by atoms with Gasteiger partial charge in [0.15, 0.2) is 0 Å². The molecule has 1 aliphatic rings. The number of esters is 2. The molecule has 0 aromatic heterocycles. The Morgan fingerprint density at radius 1 is 1.19 bits per heavy atom. The van der Waals surface area contributed by atoms with Crippen LogP contribution in [-0.2, 0) is 28.6 Å². The second-order valence-corrected chi connectivity index (χ2v) is 6.46. The van der Waals surface area contributed by atoms with E-state index in [4.69, 9.17) is 25.8 Å². The van der Waals surface area contributed by atoms with Gasteiger partial charge in [-0.15, -0.1) is 0 Å². The van der Waals surface area contributed by atoms with Gasteiger partial charge in [0.1, 0.15) is 12.4 Å². The molecular formula is C18H21ClN2O6. The van der Waals surface area contributed by atoms with E-state index < -0.39 is 11.9 Å². The van der Waals surface area contributed by atoms with Crippen molar-refractivity contribution in [2.75, 3.05) is 37.8 Å². The molecular weight excluding hydrogens is 376 g/mol. The molecule has 0 atom stereocenters. The lowest BCUT2D eigenvalue weighted by Crippen LogP contribution is -2.39. The van der Waals surface area contributed by atoms with Crippen molar-refractivity contribution in [1.82, 2.24) is 0 Å². The Labute approximate surface area is 162 Å². The highest BCUT2D eigenvalue weighted by Crippen LogP contribution is 2.35. The molecule has 1 heterocycles. The summed E-state index contributed by atoms with van der Waals surface area (Å²) in [5, 5.41) is 3.16. The first-order valence-corrected chi connectivity index (χ1v) is 8.53. The van der Waals surface area contributed by atoms with Gasteiger partial charge in [0.2, 0.25) is 5.91 Å². The SMILES string of the molecule is COC(=O)C1=C(C(=O)OC)N(c2cc(Cl)ccc2NC(=O)C(C)C)COC1. The van der Waals surface area contributed by atoms with Crippen LogP contribution in [0.1, 0.15) is 13.8 Å². The third kappa shape index (κ3) is 4.58. The maximum atomic E-state index is 12.4. The number of hydrogen-bond acceptors (Lipinski definition) is 7. The number of halogens is 1. The summed E-state index contributed by atoms with van der Waals surface area (Å²) in [5.41, 5.74) is 0.779. The summed E-state index contributed by atoms with van der Waals surface area (Å²) in [6.45, 7) is 3.35. The fraction of sp³-hybridized carbons (Fsp3) is 0.389. The van der Waals surface area contributed by atoms with Crippen LogP contribution in [-0.4, -0.2) is 45.4 Å². The van der Waals surface area contributed by atoms with Crippen molar-refractivity contribution in [2.24, 2.45) is 5.92 Å². The van der Waals surface area contributed by atoms with Crippen molar-refractivity contribution in [3.05, 3.63) is 34.5 Å². The van der Waals surface area contributed by atoms with E-state index in [0.717, 1.165) is 0 Å². The van der Waals surface area contributed by atoms with E-state index in [9.17, 15) is 14.4 Å². The quantitative estimate of drug-likeness (QED) is 0.763. The number of nitrogens with one attached hydrogen (secondary N) is 1. The number of methoxy groups -OCH3 is 2. The zero-order chi connectivity index (χ0) is 20.1. The standard InChI is InChI=1S/C18H21ClN2O6/c1-10(2)16(22)20-13-6-5-11(19)7-14(13)21-9-27-8-12(17(23)25-3)15(21)18(24)26-4/h5-7,10H,8-9H2,1-4H3,(H,20,22). The molecule has 1 N–H and O–H groups in total. The summed E-state index contributed by atoms with van der Waals surface area (Å²) in [4.78, 5) is 38.1. The van der Waals surface area contributed by atoms with Crippen LogP contribution in [0.3, 0.4) is 0 Å². The Morgan fingerprint density at radius 3 is 2.44 bits per heavy atom. The Hall–Kier alpha value is -2.58. The number of nitrogens with zero attached hydrogens (tertiary/aromatic N) is 1. The van der Waals surface area contributed by atoms with Gasteiger partial charge in [0.05, 0.1) is 37.8 Å². The van der Waals surface area contributed by atoms with Crippen LogP contribution in [0.2, 0.25) is 5.02 Å². The number of rotatable bonds is 5. The van der Waals surface area contributed by atoms with E-state index in [1.165, 1.54) is 19.1 Å². The summed E-state index contributed by atoms with van der Waals surface area (Å²) in [5.74, 6) is -1.92. The van der Waals surface area contributed by atoms with E-state index in [2.05, 4.69) is 5.32 Å². The van der Waals surface area contributed by atoms with Gasteiger partial charge in [0.25, 0.3) is 0 Å². The fourth-order valence-electron chi connectivity index (χ4n) is 2.44. The van der Waals surface area contributed by atoms with Crippen LogP contribution in [0.5, 0.6) is 0 Å². The summed E-state index contributed by atoms with van der Waals surface area (Å²) in [7, 11) is 2.41.